The van der Waals surface area contributed by atoms with Crippen LogP contribution < -0.4 is 5.73 Å². The van der Waals surface area contributed by atoms with Gasteiger partial charge in [-0.3, -0.25) is 0 Å². The highest BCUT2D eigenvalue weighted by atomic mass is 32.2. The molecule has 18 heavy (non-hydrogen) atoms. The molecule has 0 aliphatic carbocycles. The molecule has 2 rings (SSSR count). The molecule has 1 atom stereocenters. The van der Waals surface area contributed by atoms with Gasteiger partial charge in [0.2, 0.25) is 0 Å². The van der Waals surface area contributed by atoms with Crippen LogP contribution in [-0.4, -0.2) is 21.3 Å². The number of nitrogens with two attached hydrogens (primary N) is 1. The molecule has 0 fully saturated rings. The molecule has 2 N–H and O–H groups in total. The number of nitrogens with zero attached hydrogens (tertiary/aromatic N) is 2. The smallest absolute Gasteiger partial charge is 0.109 e. The van der Waals surface area contributed by atoms with E-state index >= 15 is 0 Å². The second kappa shape index (κ2) is 6.07. The van der Waals surface area contributed by atoms with Crippen molar-refractivity contribution in [2.45, 2.75) is 24.3 Å². The van der Waals surface area contributed by atoms with Crippen LogP contribution in [0.25, 0.3) is 0 Å². The monoisotopic (exact) mass is 261 g/mol. The molecule has 0 aliphatic rings. The summed E-state index contributed by atoms with van der Waals surface area (Å²) in [6.45, 7) is 2.11. The quantitative estimate of drug-likeness (QED) is 0.841. The van der Waals surface area contributed by atoms with E-state index in [4.69, 9.17) is 5.73 Å². The number of rotatable bonds is 5. The van der Waals surface area contributed by atoms with Crippen LogP contribution in [0.3, 0.4) is 0 Å². The summed E-state index contributed by atoms with van der Waals surface area (Å²) in [5.74, 6) is 1.96. The highest BCUT2D eigenvalue weighted by Gasteiger charge is 2.08. The summed E-state index contributed by atoms with van der Waals surface area (Å²) < 4.78 is 2.02. The van der Waals surface area contributed by atoms with Crippen LogP contribution in [0.15, 0.2) is 41.6 Å². The first-order valence-corrected chi connectivity index (χ1v) is 7.05. The Bertz CT molecular complexity index is 507. The first-order chi connectivity index (χ1) is 8.65. The van der Waals surface area contributed by atoms with E-state index < -0.39 is 0 Å². The van der Waals surface area contributed by atoms with Crippen molar-refractivity contribution in [1.29, 1.82) is 0 Å². The van der Waals surface area contributed by atoms with Crippen molar-refractivity contribution in [3.63, 3.8) is 0 Å². The normalized spacial score (nSPS) is 12.6. The largest absolute Gasteiger partial charge is 0.338 e. The summed E-state index contributed by atoms with van der Waals surface area (Å²) in [5.41, 5.74) is 7.44. The summed E-state index contributed by atoms with van der Waals surface area (Å²) in [6, 6.07) is 8.65. The second-order valence-electron chi connectivity index (χ2n) is 4.55. The molecule has 0 bridgehead atoms. The van der Waals surface area contributed by atoms with E-state index in [9.17, 15) is 0 Å². The Kier molecular flexibility index (Phi) is 4.44. The average Bonchev–Trinajstić information content (AvgIpc) is 2.73. The third-order valence-electron chi connectivity index (χ3n) is 2.82. The van der Waals surface area contributed by atoms with Gasteiger partial charge in [-0.25, -0.2) is 4.98 Å². The molecule has 4 heteroatoms. The van der Waals surface area contributed by atoms with Crippen molar-refractivity contribution in [2.75, 3.05) is 5.75 Å². The standard InChI is InChI=1S/C14H19N3S/c1-11-4-3-5-13(8-11)18-10-12(15)9-14-16-6-7-17(14)2/h3-8,12H,9-10,15H2,1-2H3. The lowest BCUT2D eigenvalue weighted by molar-refractivity contribution is 0.679. The van der Waals surface area contributed by atoms with Crippen LogP contribution in [0.4, 0.5) is 0 Å². The van der Waals surface area contributed by atoms with Crippen LogP contribution in [0.1, 0.15) is 11.4 Å². The minimum absolute atomic E-state index is 0.136. The molecule has 1 heterocycles. The van der Waals surface area contributed by atoms with Crippen molar-refractivity contribution in [2.24, 2.45) is 12.8 Å². The lowest BCUT2D eigenvalue weighted by Crippen LogP contribution is -2.26. The number of hydrogen-bond acceptors (Lipinski definition) is 3. The van der Waals surface area contributed by atoms with Crippen LogP contribution >= 0.6 is 11.8 Å². The summed E-state index contributed by atoms with van der Waals surface area (Å²) in [7, 11) is 2.00. The molecule has 0 radical (unpaired) electrons. The van der Waals surface area contributed by atoms with Crippen molar-refractivity contribution < 1.29 is 0 Å². The van der Waals surface area contributed by atoms with E-state index in [2.05, 4.69) is 36.2 Å². The first kappa shape index (κ1) is 13.2. The molecular formula is C14H19N3S. The minimum Gasteiger partial charge on any atom is -0.338 e. The van der Waals surface area contributed by atoms with Crippen molar-refractivity contribution in [3.8, 4) is 0 Å². The Balaban J connectivity index is 1.85. The van der Waals surface area contributed by atoms with Gasteiger partial charge in [0, 0.05) is 42.6 Å². The van der Waals surface area contributed by atoms with E-state index in [0.29, 0.717) is 0 Å². The molecule has 2 aromatic rings. The Morgan fingerprint density at radius 2 is 2.28 bits per heavy atom. The van der Waals surface area contributed by atoms with Gasteiger partial charge in [-0.1, -0.05) is 17.7 Å². The maximum absolute atomic E-state index is 6.15. The van der Waals surface area contributed by atoms with Crippen molar-refractivity contribution in [3.05, 3.63) is 48.0 Å². The van der Waals surface area contributed by atoms with Crippen LogP contribution in [-0.2, 0) is 13.5 Å². The number of thioether (sulfide) groups is 1. The van der Waals surface area contributed by atoms with Gasteiger partial charge in [0.15, 0.2) is 0 Å². The van der Waals surface area contributed by atoms with Gasteiger partial charge < -0.3 is 10.3 Å². The topological polar surface area (TPSA) is 43.8 Å². The highest BCUT2D eigenvalue weighted by Crippen LogP contribution is 2.20. The van der Waals surface area contributed by atoms with E-state index in [1.165, 1.54) is 10.5 Å². The van der Waals surface area contributed by atoms with Gasteiger partial charge in [0.1, 0.15) is 5.82 Å². The van der Waals surface area contributed by atoms with Crippen LogP contribution in [0.5, 0.6) is 0 Å². The van der Waals surface area contributed by atoms with Crippen LogP contribution in [0, 0.1) is 6.92 Å². The van der Waals surface area contributed by atoms with Gasteiger partial charge in [-0.05, 0) is 19.1 Å². The predicted octanol–water partition coefficient (Wildman–Crippen LogP) is 2.39. The Morgan fingerprint density at radius 3 is 2.94 bits per heavy atom. The SMILES string of the molecule is Cc1cccc(SCC(N)Cc2nccn2C)c1. The summed E-state index contributed by atoms with van der Waals surface area (Å²) in [6.07, 6.45) is 4.59. The molecular weight excluding hydrogens is 242 g/mol. The van der Waals surface area contributed by atoms with E-state index in [1.54, 1.807) is 0 Å². The molecule has 0 saturated carbocycles. The second-order valence-corrected chi connectivity index (χ2v) is 5.64. The van der Waals surface area contributed by atoms with E-state index in [-0.39, 0.29) is 6.04 Å². The molecule has 0 saturated heterocycles. The number of hydrogen-bond donors (Lipinski definition) is 1. The van der Waals surface area contributed by atoms with Gasteiger partial charge in [0.25, 0.3) is 0 Å². The molecule has 96 valence electrons. The fraction of sp³-hybridized carbons (Fsp3) is 0.357. The minimum atomic E-state index is 0.136. The van der Waals surface area contributed by atoms with Crippen LogP contribution in [0.2, 0.25) is 0 Å². The Morgan fingerprint density at radius 1 is 1.44 bits per heavy atom. The fourth-order valence-corrected chi connectivity index (χ4v) is 2.76. The number of aryl methyl sites for hydroxylation is 2. The Labute approximate surface area is 112 Å². The predicted molar refractivity (Wildman–Crippen MR) is 76.8 cm³/mol. The van der Waals surface area contributed by atoms with Gasteiger partial charge >= 0.3 is 0 Å². The van der Waals surface area contributed by atoms with Gasteiger partial charge in [-0.2, -0.15) is 0 Å². The summed E-state index contributed by atoms with van der Waals surface area (Å²) in [5, 5.41) is 0. The lowest BCUT2D eigenvalue weighted by atomic mass is 10.2. The first-order valence-electron chi connectivity index (χ1n) is 6.06. The molecule has 3 nitrogen and oxygen atoms in total. The highest BCUT2D eigenvalue weighted by molar-refractivity contribution is 7.99. The molecule has 0 spiro atoms. The zero-order valence-electron chi connectivity index (χ0n) is 10.8. The molecule has 0 amide bonds. The fourth-order valence-electron chi connectivity index (χ4n) is 1.80. The number of imidazole rings is 1. The third-order valence-corrected chi connectivity index (χ3v) is 4.00. The lowest BCUT2D eigenvalue weighted by Gasteiger charge is -2.11. The third kappa shape index (κ3) is 3.62. The number of benzene rings is 1. The maximum atomic E-state index is 6.15. The van der Waals surface area contributed by atoms with E-state index in [0.717, 1.165) is 18.0 Å². The van der Waals surface area contributed by atoms with Crippen molar-refractivity contribution >= 4 is 11.8 Å². The number of aromatic nitrogens is 2. The summed E-state index contributed by atoms with van der Waals surface area (Å²) >= 11 is 1.81. The summed E-state index contributed by atoms with van der Waals surface area (Å²) in [4.78, 5) is 5.58. The zero-order valence-corrected chi connectivity index (χ0v) is 11.7. The molecule has 1 aromatic carbocycles. The Hall–Kier alpha value is -1.26. The zero-order chi connectivity index (χ0) is 13.0. The molecule has 1 unspecified atom stereocenters. The average molecular weight is 261 g/mol. The van der Waals surface area contributed by atoms with E-state index in [1.807, 2.05) is 35.8 Å². The molecule has 1 aromatic heterocycles. The maximum Gasteiger partial charge on any atom is 0.109 e. The van der Waals surface area contributed by atoms with Gasteiger partial charge in [0.05, 0.1) is 0 Å². The molecule has 0 aliphatic heterocycles. The van der Waals surface area contributed by atoms with Gasteiger partial charge in [-0.15, -0.1) is 11.8 Å². The van der Waals surface area contributed by atoms with Crippen molar-refractivity contribution in [1.82, 2.24) is 9.55 Å².